The number of phenolic OH excluding ortho intramolecular Hbond substituents is 1. The minimum absolute atomic E-state index is 0.0173. The monoisotopic (exact) mass is 403 g/mol. The first-order valence-corrected chi connectivity index (χ1v) is 9.12. The third-order valence-electron chi connectivity index (χ3n) is 3.69. The lowest BCUT2D eigenvalue weighted by molar-refractivity contribution is -0.123. The lowest BCUT2D eigenvalue weighted by atomic mass is 10.1. The number of hydrogen-bond donors (Lipinski definition) is 3. The molecule has 0 aromatic heterocycles. The molecule has 2 aromatic carbocycles. The maximum Gasteiger partial charge on any atom is 0.277 e. The quantitative estimate of drug-likeness (QED) is 0.355. The van der Waals surface area contributed by atoms with E-state index < -0.39 is 5.91 Å². The van der Waals surface area contributed by atoms with Crippen LogP contribution in [0.4, 0.5) is 5.69 Å². The highest BCUT2D eigenvalue weighted by molar-refractivity contribution is 6.32. The molecule has 0 saturated carbocycles. The van der Waals surface area contributed by atoms with Crippen LogP contribution < -0.4 is 15.5 Å². The molecular formula is C20H22ClN3O4. The van der Waals surface area contributed by atoms with E-state index in [1.165, 1.54) is 6.07 Å². The number of carbonyl (C=O) groups excluding carboxylic acids is 2. The first-order valence-electron chi connectivity index (χ1n) is 8.74. The predicted molar refractivity (Wildman–Crippen MR) is 109 cm³/mol. The van der Waals surface area contributed by atoms with E-state index >= 15 is 0 Å². The number of anilines is 1. The number of ether oxygens (including phenoxy) is 1. The van der Waals surface area contributed by atoms with Crippen molar-refractivity contribution in [3.05, 3.63) is 53.1 Å². The van der Waals surface area contributed by atoms with Gasteiger partial charge in [0.25, 0.3) is 5.91 Å². The van der Waals surface area contributed by atoms with Crippen molar-refractivity contribution < 1.29 is 19.4 Å². The highest BCUT2D eigenvalue weighted by Gasteiger charge is 2.10. The Morgan fingerprint density at radius 3 is 2.64 bits per heavy atom. The molecule has 0 spiro atoms. The summed E-state index contributed by atoms with van der Waals surface area (Å²) in [6, 6.07) is 11.5. The van der Waals surface area contributed by atoms with E-state index in [9.17, 15) is 14.7 Å². The number of aromatic hydroxyl groups is 1. The van der Waals surface area contributed by atoms with Crippen LogP contribution in [0.1, 0.15) is 32.3 Å². The number of para-hydroxylation sites is 1. The second-order valence-corrected chi connectivity index (χ2v) is 6.39. The topological polar surface area (TPSA) is 100 Å². The first kappa shape index (κ1) is 21.2. The molecule has 0 bridgehead atoms. The molecule has 3 N–H and O–H groups in total. The number of benzene rings is 2. The van der Waals surface area contributed by atoms with Gasteiger partial charge in [0.2, 0.25) is 5.91 Å². The van der Waals surface area contributed by atoms with Gasteiger partial charge in [-0.15, -0.1) is 0 Å². The van der Waals surface area contributed by atoms with Crippen molar-refractivity contribution in [2.45, 2.75) is 26.7 Å². The smallest absolute Gasteiger partial charge is 0.277 e. The predicted octanol–water partition coefficient (Wildman–Crippen LogP) is 3.70. The Labute approximate surface area is 168 Å². The Hall–Kier alpha value is -3.06. The van der Waals surface area contributed by atoms with Crippen LogP contribution in [-0.2, 0) is 9.59 Å². The number of amides is 2. The number of rotatable bonds is 8. The van der Waals surface area contributed by atoms with E-state index in [0.29, 0.717) is 34.2 Å². The van der Waals surface area contributed by atoms with Crippen molar-refractivity contribution in [1.82, 2.24) is 5.43 Å². The second-order valence-electron chi connectivity index (χ2n) is 5.98. The minimum Gasteiger partial charge on any atom is -0.507 e. The summed E-state index contributed by atoms with van der Waals surface area (Å²) in [7, 11) is 0. The number of hydrazone groups is 1. The standard InChI is InChI=1S/C20H22ClN3O4/c1-3-6-19(26)22-14-9-10-17(25)15(11-14)13(2)23-24-20(27)12-28-18-8-5-4-7-16(18)21/h4-5,7-11,25H,3,6,12H2,1-2H3,(H,22,26)(H,24,27)/b23-13+. The zero-order valence-electron chi connectivity index (χ0n) is 15.7. The lowest BCUT2D eigenvalue weighted by Gasteiger charge is -2.10. The molecule has 2 amide bonds. The Bertz CT molecular complexity index is 884. The molecule has 0 heterocycles. The van der Waals surface area contributed by atoms with E-state index in [0.717, 1.165) is 6.42 Å². The number of halogens is 1. The summed E-state index contributed by atoms with van der Waals surface area (Å²) in [5.41, 5.74) is 3.66. The molecule has 7 nitrogen and oxygen atoms in total. The first-order chi connectivity index (χ1) is 13.4. The molecule has 28 heavy (non-hydrogen) atoms. The van der Waals surface area contributed by atoms with Crippen LogP contribution in [-0.4, -0.2) is 29.2 Å². The number of nitrogens with one attached hydrogen (secondary N) is 2. The van der Waals surface area contributed by atoms with Crippen LogP contribution in [0, 0.1) is 0 Å². The Balaban J connectivity index is 1.99. The Morgan fingerprint density at radius 2 is 1.93 bits per heavy atom. The normalized spacial score (nSPS) is 11.0. The second kappa shape index (κ2) is 10.3. The minimum atomic E-state index is -0.480. The van der Waals surface area contributed by atoms with Crippen molar-refractivity contribution in [2.75, 3.05) is 11.9 Å². The van der Waals surface area contributed by atoms with Crippen LogP contribution >= 0.6 is 11.6 Å². The van der Waals surface area contributed by atoms with Crippen LogP contribution in [0.3, 0.4) is 0 Å². The fraction of sp³-hybridized carbons (Fsp3) is 0.250. The van der Waals surface area contributed by atoms with E-state index in [-0.39, 0.29) is 18.3 Å². The van der Waals surface area contributed by atoms with Gasteiger partial charge in [0.1, 0.15) is 11.5 Å². The molecular weight excluding hydrogens is 382 g/mol. The van der Waals surface area contributed by atoms with Gasteiger partial charge < -0.3 is 15.2 Å². The van der Waals surface area contributed by atoms with Gasteiger partial charge in [-0.05, 0) is 43.7 Å². The summed E-state index contributed by atoms with van der Waals surface area (Å²) in [6.45, 7) is 3.28. The van der Waals surface area contributed by atoms with Crippen LogP contribution in [0.25, 0.3) is 0 Å². The molecule has 148 valence electrons. The summed E-state index contributed by atoms with van der Waals surface area (Å²) in [4.78, 5) is 23.6. The molecule has 0 aliphatic heterocycles. The molecule has 0 unspecified atom stereocenters. The fourth-order valence-corrected chi connectivity index (χ4v) is 2.49. The van der Waals surface area contributed by atoms with Crippen LogP contribution in [0.2, 0.25) is 5.02 Å². The summed E-state index contributed by atoms with van der Waals surface area (Å²) in [5, 5.41) is 17.2. The molecule has 0 radical (unpaired) electrons. The number of phenols is 1. The maximum atomic E-state index is 11.9. The summed E-state index contributed by atoms with van der Waals surface area (Å²) < 4.78 is 5.34. The lowest BCUT2D eigenvalue weighted by Crippen LogP contribution is -2.25. The molecule has 0 aliphatic rings. The average Bonchev–Trinajstić information content (AvgIpc) is 2.67. The summed E-state index contributed by atoms with van der Waals surface area (Å²) in [5.74, 6) is -0.214. The van der Waals surface area contributed by atoms with Gasteiger partial charge in [-0.1, -0.05) is 30.7 Å². The zero-order valence-corrected chi connectivity index (χ0v) is 16.4. The van der Waals surface area contributed by atoms with Gasteiger partial charge in [-0.25, -0.2) is 5.43 Å². The molecule has 8 heteroatoms. The van der Waals surface area contributed by atoms with Crippen molar-refractivity contribution in [3.8, 4) is 11.5 Å². The molecule has 2 rings (SSSR count). The number of hydrogen-bond acceptors (Lipinski definition) is 5. The largest absolute Gasteiger partial charge is 0.507 e. The van der Waals surface area contributed by atoms with Crippen LogP contribution in [0.15, 0.2) is 47.6 Å². The van der Waals surface area contributed by atoms with Crippen LogP contribution in [0.5, 0.6) is 11.5 Å². The van der Waals surface area contributed by atoms with Crippen molar-refractivity contribution >= 4 is 34.8 Å². The van der Waals surface area contributed by atoms with E-state index in [1.807, 2.05) is 6.92 Å². The van der Waals surface area contributed by atoms with Gasteiger partial charge in [-0.2, -0.15) is 5.10 Å². The van der Waals surface area contributed by atoms with Crippen molar-refractivity contribution in [3.63, 3.8) is 0 Å². The SMILES string of the molecule is CCCC(=O)Nc1ccc(O)c(/C(C)=N/NC(=O)COc2ccccc2Cl)c1. The number of nitrogens with zero attached hydrogens (tertiary/aromatic N) is 1. The third kappa shape index (κ3) is 6.28. The number of carbonyl (C=O) groups is 2. The highest BCUT2D eigenvalue weighted by atomic mass is 35.5. The molecule has 0 aliphatic carbocycles. The Morgan fingerprint density at radius 1 is 1.18 bits per heavy atom. The van der Waals surface area contributed by atoms with Gasteiger partial charge in [-0.3, -0.25) is 9.59 Å². The average molecular weight is 404 g/mol. The highest BCUT2D eigenvalue weighted by Crippen LogP contribution is 2.23. The van der Waals surface area contributed by atoms with Gasteiger partial charge >= 0.3 is 0 Å². The van der Waals surface area contributed by atoms with Gasteiger partial charge in [0, 0.05) is 17.7 Å². The summed E-state index contributed by atoms with van der Waals surface area (Å²) >= 11 is 5.96. The van der Waals surface area contributed by atoms with E-state index in [4.69, 9.17) is 16.3 Å². The molecule has 2 aromatic rings. The van der Waals surface area contributed by atoms with E-state index in [1.54, 1.807) is 43.3 Å². The van der Waals surface area contributed by atoms with Crippen molar-refractivity contribution in [2.24, 2.45) is 5.10 Å². The third-order valence-corrected chi connectivity index (χ3v) is 4.00. The maximum absolute atomic E-state index is 11.9. The fourth-order valence-electron chi connectivity index (χ4n) is 2.30. The van der Waals surface area contributed by atoms with E-state index in [2.05, 4.69) is 15.8 Å². The van der Waals surface area contributed by atoms with Crippen molar-refractivity contribution in [1.29, 1.82) is 0 Å². The molecule has 0 saturated heterocycles. The zero-order chi connectivity index (χ0) is 20.5. The Kier molecular flexibility index (Phi) is 7.83. The summed E-state index contributed by atoms with van der Waals surface area (Å²) in [6.07, 6.45) is 1.14. The molecule has 0 fully saturated rings. The molecule has 0 atom stereocenters. The van der Waals surface area contributed by atoms with Gasteiger partial charge in [0.05, 0.1) is 10.7 Å². The van der Waals surface area contributed by atoms with Gasteiger partial charge in [0.15, 0.2) is 6.61 Å².